The summed E-state index contributed by atoms with van der Waals surface area (Å²) in [5.41, 5.74) is 3.16. The highest BCUT2D eigenvalue weighted by molar-refractivity contribution is 6.34. The molecule has 2 aromatic heterocycles. The first-order valence-electron chi connectivity index (χ1n) is 10.5. The molecule has 0 aliphatic carbocycles. The van der Waals surface area contributed by atoms with E-state index in [1.165, 1.54) is 0 Å². The number of nitrogens with zero attached hydrogens (tertiary/aromatic N) is 3. The van der Waals surface area contributed by atoms with E-state index < -0.39 is 0 Å². The number of hydrogen-bond acceptors (Lipinski definition) is 6. The molecule has 3 N–H and O–H groups in total. The quantitative estimate of drug-likeness (QED) is 0.519. The van der Waals surface area contributed by atoms with Gasteiger partial charge in [0.1, 0.15) is 17.1 Å². The number of aromatic nitrogens is 3. The van der Waals surface area contributed by atoms with Crippen molar-refractivity contribution in [3.63, 3.8) is 0 Å². The normalized spacial score (nSPS) is 15.2. The minimum absolute atomic E-state index is 0.00771. The van der Waals surface area contributed by atoms with Gasteiger partial charge in [0, 0.05) is 18.2 Å². The second-order valence-electron chi connectivity index (χ2n) is 7.75. The van der Waals surface area contributed by atoms with Gasteiger partial charge in [0.2, 0.25) is 0 Å². The summed E-state index contributed by atoms with van der Waals surface area (Å²) in [5, 5.41) is 6.88. The lowest BCUT2D eigenvalue weighted by molar-refractivity contribution is -0.122. The molecule has 1 amide bonds. The van der Waals surface area contributed by atoms with Crippen LogP contribution in [-0.4, -0.2) is 65.1 Å². The maximum atomic E-state index is 11.5. The molecule has 0 radical (unpaired) electrons. The smallest absolute Gasteiger partial charge is 0.257 e. The van der Waals surface area contributed by atoms with Crippen molar-refractivity contribution in [3.05, 3.63) is 35.5 Å². The molecule has 0 bridgehead atoms. The van der Waals surface area contributed by atoms with Crippen molar-refractivity contribution in [1.29, 1.82) is 0 Å². The number of nitrogens with one attached hydrogen (secondary N) is 3. The van der Waals surface area contributed by atoms with Gasteiger partial charge in [-0.25, -0.2) is 9.97 Å². The van der Waals surface area contributed by atoms with E-state index in [0.29, 0.717) is 34.8 Å². The van der Waals surface area contributed by atoms with Crippen molar-refractivity contribution in [1.82, 2.24) is 25.2 Å². The van der Waals surface area contributed by atoms with Crippen LogP contribution in [0, 0.1) is 0 Å². The fourth-order valence-corrected chi connectivity index (χ4v) is 3.87. The molecule has 1 aromatic carbocycles. The van der Waals surface area contributed by atoms with Gasteiger partial charge in [-0.3, -0.25) is 4.79 Å². The number of carbonyl (C=O) groups is 1. The number of carbonyl (C=O) groups excluding carboxylic acids is 1. The lowest BCUT2D eigenvalue weighted by Crippen LogP contribution is -2.36. The first kappa shape index (κ1) is 21.4. The Balaban J connectivity index is 1.52. The lowest BCUT2D eigenvalue weighted by atomic mass is 10.1. The van der Waals surface area contributed by atoms with E-state index in [9.17, 15) is 4.79 Å². The van der Waals surface area contributed by atoms with Crippen LogP contribution in [0.25, 0.3) is 22.6 Å². The van der Waals surface area contributed by atoms with Crippen LogP contribution < -0.4 is 15.4 Å². The van der Waals surface area contributed by atoms with Gasteiger partial charge in [0.25, 0.3) is 5.91 Å². The Hall–Kier alpha value is -2.84. The molecule has 31 heavy (non-hydrogen) atoms. The topological polar surface area (TPSA) is 95.2 Å². The van der Waals surface area contributed by atoms with E-state index >= 15 is 0 Å². The van der Waals surface area contributed by atoms with Crippen molar-refractivity contribution in [3.8, 4) is 17.1 Å². The van der Waals surface area contributed by atoms with Gasteiger partial charge in [-0.15, -0.1) is 0 Å². The molecule has 0 atom stereocenters. The van der Waals surface area contributed by atoms with Crippen molar-refractivity contribution in [2.24, 2.45) is 0 Å². The summed E-state index contributed by atoms with van der Waals surface area (Å²) >= 11 is 6.48. The largest absolute Gasteiger partial charge is 0.484 e. The van der Waals surface area contributed by atoms with Gasteiger partial charge < -0.3 is 25.3 Å². The van der Waals surface area contributed by atoms with Gasteiger partial charge in [-0.1, -0.05) is 11.6 Å². The van der Waals surface area contributed by atoms with Gasteiger partial charge >= 0.3 is 0 Å². The number of hydrogen-bond donors (Lipinski definition) is 3. The molecule has 1 fully saturated rings. The molecule has 164 valence electrons. The fourth-order valence-electron chi connectivity index (χ4n) is 3.67. The maximum absolute atomic E-state index is 11.5. The van der Waals surface area contributed by atoms with E-state index in [1.54, 1.807) is 6.20 Å². The van der Waals surface area contributed by atoms with Gasteiger partial charge in [-0.05, 0) is 64.2 Å². The number of H-pyrrole nitrogens is 1. The van der Waals surface area contributed by atoms with Gasteiger partial charge in [-0.2, -0.15) is 0 Å². The van der Waals surface area contributed by atoms with E-state index in [-0.39, 0.29) is 12.5 Å². The van der Waals surface area contributed by atoms with Crippen molar-refractivity contribution in [2.45, 2.75) is 25.8 Å². The number of imidazole rings is 1. The number of halogens is 1. The van der Waals surface area contributed by atoms with E-state index in [4.69, 9.17) is 16.3 Å². The molecule has 0 saturated carbocycles. The molecule has 8 nitrogen and oxygen atoms in total. The van der Waals surface area contributed by atoms with E-state index in [2.05, 4.69) is 37.5 Å². The van der Waals surface area contributed by atoms with Crippen LogP contribution in [0.1, 0.15) is 19.8 Å². The summed E-state index contributed by atoms with van der Waals surface area (Å²) in [6, 6.07) is 7.81. The molecule has 3 aromatic rings. The summed E-state index contributed by atoms with van der Waals surface area (Å²) in [6.45, 7) is 4.57. The molecular formula is C22H27ClN6O2. The predicted molar refractivity (Wildman–Crippen MR) is 123 cm³/mol. The average Bonchev–Trinajstić information content (AvgIpc) is 3.21. The van der Waals surface area contributed by atoms with Crippen molar-refractivity contribution in [2.75, 3.05) is 38.6 Å². The van der Waals surface area contributed by atoms with Crippen LogP contribution >= 0.6 is 11.6 Å². The van der Waals surface area contributed by atoms with Crippen LogP contribution in [0.15, 0.2) is 30.5 Å². The first-order chi connectivity index (χ1) is 15.0. The monoisotopic (exact) mass is 442 g/mol. The van der Waals surface area contributed by atoms with Crippen LogP contribution in [-0.2, 0) is 4.79 Å². The second-order valence-corrected chi connectivity index (χ2v) is 8.16. The molecule has 3 heterocycles. The number of aromatic amines is 1. The Morgan fingerprint density at radius 1 is 1.29 bits per heavy atom. The Bertz CT molecular complexity index is 1040. The number of likely N-dealkylation sites (tertiary alicyclic amines) is 1. The van der Waals surface area contributed by atoms with E-state index in [1.807, 2.05) is 31.2 Å². The highest BCUT2D eigenvalue weighted by Crippen LogP contribution is 2.32. The zero-order valence-corrected chi connectivity index (χ0v) is 18.5. The highest BCUT2D eigenvalue weighted by atomic mass is 35.5. The van der Waals surface area contributed by atoms with Crippen LogP contribution in [0.5, 0.6) is 5.75 Å². The molecule has 1 aliphatic heterocycles. The third-order valence-electron chi connectivity index (χ3n) is 5.41. The Kier molecular flexibility index (Phi) is 6.58. The van der Waals surface area contributed by atoms with Crippen LogP contribution in [0.3, 0.4) is 0 Å². The maximum Gasteiger partial charge on any atom is 0.257 e. The third-order valence-corrected chi connectivity index (χ3v) is 5.70. The van der Waals surface area contributed by atoms with E-state index in [0.717, 1.165) is 42.7 Å². The van der Waals surface area contributed by atoms with Gasteiger partial charge in [0.05, 0.1) is 16.9 Å². The summed E-state index contributed by atoms with van der Waals surface area (Å²) in [4.78, 5) is 26.3. The van der Waals surface area contributed by atoms with Crippen LogP contribution in [0.2, 0.25) is 5.02 Å². The van der Waals surface area contributed by atoms with Crippen molar-refractivity contribution >= 4 is 34.4 Å². The molecule has 4 rings (SSSR count). The number of piperidine rings is 1. The zero-order chi connectivity index (χ0) is 21.8. The third kappa shape index (κ3) is 5.08. The number of fused-ring (bicyclic) bond motifs is 1. The minimum atomic E-state index is -0.142. The Morgan fingerprint density at radius 2 is 2.03 bits per heavy atom. The molecule has 0 unspecified atom stereocenters. The lowest BCUT2D eigenvalue weighted by Gasteiger charge is -2.30. The fraction of sp³-hybridized carbons (Fsp3) is 0.409. The number of amides is 1. The number of anilines is 1. The van der Waals surface area contributed by atoms with Crippen LogP contribution in [0.4, 0.5) is 5.69 Å². The SMILES string of the molecule is CCNC(=O)COc1ccc(-c2nc3ncc(Cl)c(NC4CCN(C)CC4)c3[nH]2)cc1. The predicted octanol–water partition coefficient (Wildman–Crippen LogP) is 3.30. The standard InChI is InChI=1S/C22H27ClN6O2/c1-3-24-18(30)13-31-16-6-4-14(5-7-16)21-27-20-19(17(23)12-25-22(20)28-21)26-15-8-10-29(2)11-9-15/h4-7,12,15H,3,8-11,13H2,1-2H3,(H,24,30)(H2,25,26,27,28). The summed E-state index contributed by atoms with van der Waals surface area (Å²) in [6.07, 6.45) is 3.77. The molecule has 1 saturated heterocycles. The Morgan fingerprint density at radius 3 is 2.74 bits per heavy atom. The number of likely N-dealkylation sites (N-methyl/N-ethyl adjacent to an activating group) is 1. The number of pyridine rings is 1. The number of rotatable bonds is 7. The van der Waals surface area contributed by atoms with Crippen molar-refractivity contribution < 1.29 is 9.53 Å². The molecular weight excluding hydrogens is 416 g/mol. The van der Waals surface area contributed by atoms with Gasteiger partial charge in [0.15, 0.2) is 12.3 Å². The number of benzene rings is 1. The summed E-state index contributed by atoms with van der Waals surface area (Å²) in [7, 11) is 2.14. The number of ether oxygens (including phenoxy) is 1. The second kappa shape index (κ2) is 9.53. The molecule has 0 spiro atoms. The minimum Gasteiger partial charge on any atom is -0.484 e. The zero-order valence-electron chi connectivity index (χ0n) is 17.7. The highest BCUT2D eigenvalue weighted by Gasteiger charge is 2.20. The summed E-state index contributed by atoms with van der Waals surface area (Å²) < 4.78 is 5.51. The summed E-state index contributed by atoms with van der Waals surface area (Å²) in [5.74, 6) is 1.18. The molecule has 1 aliphatic rings. The molecule has 9 heteroatoms. The first-order valence-corrected chi connectivity index (χ1v) is 10.9. The Labute approximate surface area is 186 Å². The average molecular weight is 443 g/mol.